The predicted octanol–water partition coefficient (Wildman–Crippen LogP) is 2.72. The number of nitrogens with zero attached hydrogens (tertiary/aromatic N) is 2. The van der Waals surface area contributed by atoms with Gasteiger partial charge in [0.15, 0.2) is 5.82 Å². The Hall–Kier alpha value is -2.17. The van der Waals surface area contributed by atoms with Gasteiger partial charge in [0.05, 0.1) is 13.3 Å². The fourth-order valence-corrected chi connectivity index (χ4v) is 1.64. The van der Waals surface area contributed by atoms with Gasteiger partial charge in [-0.05, 0) is 19.1 Å². The first-order chi connectivity index (χ1) is 8.76. The molecule has 0 bridgehead atoms. The summed E-state index contributed by atoms with van der Waals surface area (Å²) < 4.78 is 19.0. The van der Waals surface area contributed by atoms with E-state index >= 15 is 0 Å². The van der Waals surface area contributed by atoms with Crippen molar-refractivity contribution in [3.05, 3.63) is 36.3 Å². The molecule has 1 aromatic carbocycles. The second kappa shape index (κ2) is 5.44. The lowest BCUT2D eigenvalue weighted by Gasteiger charge is -2.09. The number of ether oxygens (including phenoxy) is 1. The predicted molar refractivity (Wildman–Crippen MR) is 68.1 cm³/mol. The van der Waals surface area contributed by atoms with Gasteiger partial charge in [0.2, 0.25) is 5.95 Å². The molecule has 0 saturated carbocycles. The first-order valence-corrected chi connectivity index (χ1v) is 5.66. The summed E-state index contributed by atoms with van der Waals surface area (Å²) in [7, 11) is 1.54. The van der Waals surface area contributed by atoms with Crippen molar-refractivity contribution in [3.63, 3.8) is 0 Å². The highest BCUT2D eigenvalue weighted by atomic mass is 19.1. The van der Waals surface area contributed by atoms with Crippen LogP contribution in [0.1, 0.15) is 6.92 Å². The number of para-hydroxylation sites is 1. The van der Waals surface area contributed by atoms with Crippen molar-refractivity contribution in [1.82, 2.24) is 9.97 Å². The number of halogens is 1. The smallest absolute Gasteiger partial charge is 0.223 e. The fraction of sp³-hybridized carbons (Fsp3) is 0.231. The normalized spacial score (nSPS) is 10.2. The fourth-order valence-electron chi connectivity index (χ4n) is 1.64. The number of methoxy groups -OCH3 is 1. The van der Waals surface area contributed by atoms with Gasteiger partial charge in [-0.15, -0.1) is 0 Å². The van der Waals surface area contributed by atoms with E-state index in [0.717, 1.165) is 6.20 Å². The average Bonchev–Trinajstić information content (AvgIpc) is 2.41. The molecule has 1 N–H and O–H groups in total. The van der Waals surface area contributed by atoms with Crippen LogP contribution in [-0.2, 0) is 0 Å². The van der Waals surface area contributed by atoms with Crippen LogP contribution in [0, 0.1) is 5.82 Å². The van der Waals surface area contributed by atoms with Crippen LogP contribution in [0.5, 0.6) is 5.75 Å². The maximum Gasteiger partial charge on any atom is 0.223 e. The highest BCUT2D eigenvalue weighted by molar-refractivity contribution is 5.68. The molecular weight excluding hydrogens is 233 g/mol. The average molecular weight is 247 g/mol. The van der Waals surface area contributed by atoms with Crippen molar-refractivity contribution in [2.24, 2.45) is 0 Å². The van der Waals surface area contributed by atoms with E-state index in [-0.39, 0.29) is 5.69 Å². The molecule has 0 radical (unpaired) electrons. The van der Waals surface area contributed by atoms with Crippen LogP contribution in [-0.4, -0.2) is 23.6 Å². The first kappa shape index (κ1) is 12.3. The Morgan fingerprint density at radius 3 is 2.83 bits per heavy atom. The van der Waals surface area contributed by atoms with Gasteiger partial charge in [-0.1, -0.05) is 12.1 Å². The highest BCUT2D eigenvalue weighted by Gasteiger charge is 2.13. The van der Waals surface area contributed by atoms with E-state index < -0.39 is 5.82 Å². The monoisotopic (exact) mass is 247 g/mol. The molecule has 5 heteroatoms. The van der Waals surface area contributed by atoms with Gasteiger partial charge in [-0.2, -0.15) is 0 Å². The topological polar surface area (TPSA) is 47.0 Å². The van der Waals surface area contributed by atoms with Crippen molar-refractivity contribution >= 4 is 5.95 Å². The van der Waals surface area contributed by atoms with E-state index in [4.69, 9.17) is 4.74 Å². The molecule has 0 saturated heterocycles. The number of benzene rings is 1. The minimum Gasteiger partial charge on any atom is -0.496 e. The van der Waals surface area contributed by atoms with Crippen molar-refractivity contribution in [3.8, 4) is 17.0 Å². The summed E-state index contributed by atoms with van der Waals surface area (Å²) in [5.41, 5.74) is 0.845. The second-order valence-electron chi connectivity index (χ2n) is 3.62. The second-order valence-corrected chi connectivity index (χ2v) is 3.62. The molecule has 1 heterocycles. The summed E-state index contributed by atoms with van der Waals surface area (Å²) >= 11 is 0. The number of rotatable bonds is 4. The zero-order chi connectivity index (χ0) is 13.0. The Labute approximate surface area is 105 Å². The summed E-state index contributed by atoms with van der Waals surface area (Å²) in [4.78, 5) is 8.04. The number of anilines is 1. The third-order valence-electron chi connectivity index (χ3n) is 2.44. The van der Waals surface area contributed by atoms with Crippen molar-refractivity contribution in [2.75, 3.05) is 19.0 Å². The Morgan fingerprint density at radius 2 is 2.11 bits per heavy atom. The molecule has 2 aromatic rings. The van der Waals surface area contributed by atoms with Gasteiger partial charge in [0.1, 0.15) is 11.4 Å². The largest absolute Gasteiger partial charge is 0.496 e. The Bertz CT molecular complexity index is 546. The zero-order valence-electron chi connectivity index (χ0n) is 10.3. The van der Waals surface area contributed by atoms with Crippen LogP contribution in [0.3, 0.4) is 0 Å². The lowest BCUT2D eigenvalue weighted by Crippen LogP contribution is -2.04. The van der Waals surface area contributed by atoms with Crippen molar-refractivity contribution < 1.29 is 9.13 Å². The standard InChI is InChI=1S/C13H14FN3O/c1-3-15-13-16-8-10(14)12(17-13)9-6-4-5-7-11(9)18-2/h4-8H,3H2,1-2H3,(H,15,16,17). The van der Waals surface area contributed by atoms with Gasteiger partial charge >= 0.3 is 0 Å². The summed E-state index contributed by atoms with van der Waals surface area (Å²) in [6, 6.07) is 7.17. The van der Waals surface area contributed by atoms with Crippen LogP contribution in [0.15, 0.2) is 30.5 Å². The van der Waals surface area contributed by atoms with Gasteiger partial charge in [0.25, 0.3) is 0 Å². The number of hydrogen-bond donors (Lipinski definition) is 1. The van der Waals surface area contributed by atoms with E-state index in [9.17, 15) is 4.39 Å². The molecule has 0 aliphatic heterocycles. The molecule has 0 amide bonds. The SMILES string of the molecule is CCNc1ncc(F)c(-c2ccccc2OC)n1. The van der Waals surface area contributed by atoms with E-state index in [1.54, 1.807) is 19.2 Å². The third kappa shape index (κ3) is 2.40. The quantitative estimate of drug-likeness (QED) is 0.902. The van der Waals surface area contributed by atoms with Crippen molar-refractivity contribution in [1.29, 1.82) is 0 Å². The number of nitrogens with one attached hydrogen (secondary N) is 1. The maximum atomic E-state index is 13.8. The van der Waals surface area contributed by atoms with E-state index in [1.165, 1.54) is 0 Å². The van der Waals surface area contributed by atoms with E-state index in [2.05, 4.69) is 15.3 Å². The Balaban J connectivity index is 2.51. The van der Waals surface area contributed by atoms with Gasteiger partial charge in [0, 0.05) is 12.1 Å². The molecule has 94 valence electrons. The minimum absolute atomic E-state index is 0.235. The van der Waals surface area contributed by atoms with Crippen LogP contribution in [0.2, 0.25) is 0 Å². The molecule has 2 rings (SSSR count). The molecule has 0 atom stereocenters. The number of aromatic nitrogens is 2. The summed E-state index contributed by atoms with van der Waals surface area (Å²) in [5.74, 6) is 0.513. The molecule has 4 nitrogen and oxygen atoms in total. The van der Waals surface area contributed by atoms with E-state index in [0.29, 0.717) is 23.8 Å². The molecule has 0 aliphatic carbocycles. The third-order valence-corrected chi connectivity index (χ3v) is 2.44. The minimum atomic E-state index is -0.471. The summed E-state index contributed by atoms with van der Waals surface area (Å²) in [6.45, 7) is 2.60. The van der Waals surface area contributed by atoms with Gasteiger partial charge in [-0.25, -0.2) is 14.4 Å². The van der Waals surface area contributed by atoms with Crippen LogP contribution in [0.4, 0.5) is 10.3 Å². The molecule has 0 unspecified atom stereocenters. The molecular formula is C13H14FN3O. The molecule has 0 spiro atoms. The molecule has 18 heavy (non-hydrogen) atoms. The van der Waals surface area contributed by atoms with E-state index in [1.807, 2.05) is 19.1 Å². The Kier molecular flexibility index (Phi) is 3.72. The number of hydrogen-bond acceptors (Lipinski definition) is 4. The van der Waals surface area contributed by atoms with Gasteiger partial charge < -0.3 is 10.1 Å². The molecule has 1 aromatic heterocycles. The van der Waals surface area contributed by atoms with Crippen LogP contribution in [0.25, 0.3) is 11.3 Å². The summed E-state index contributed by atoms with van der Waals surface area (Å²) in [5, 5.41) is 2.95. The zero-order valence-corrected chi connectivity index (χ0v) is 10.3. The maximum absolute atomic E-state index is 13.8. The first-order valence-electron chi connectivity index (χ1n) is 5.66. The Morgan fingerprint density at radius 1 is 1.33 bits per heavy atom. The molecule has 0 fully saturated rings. The lowest BCUT2D eigenvalue weighted by molar-refractivity contribution is 0.416. The highest BCUT2D eigenvalue weighted by Crippen LogP contribution is 2.30. The van der Waals surface area contributed by atoms with Crippen LogP contribution >= 0.6 is 0 Å². The molecule has 0 aliphatic rings. The lowest BCUT2D eigenvalue weighted by atomic mass is 10.1. The van der Waals surface area contributed by atoms with Gasteiger partial charge in [-0.3, -0.25) is 0 Å². The summed E-state index contributed by atoms with van der Waals surface area (Å²) in [6.07, 6.45) is 1.16. The van der Waals surface area contributed by atoms with Crippen LogP contribution < -0.4 is 10.1 Å². The van der Waals surface area contributed by atoms with Crippen molar-refractivity contribution in [2.45, 2.75) is 6.92 Å².